The minimum atomic E-state index is -1.54. The summed E-state index contributed by atoms with van der Waals surface area (Å²) in [5.41, 5.74) is -0.316. The van der Waals surface area contributed by atoms with Crippen LogP contribution in [0, 0.1) is 11.2 Å². The highest BCUT2D eigenvalue weighted by molar-refractivity contribution is 5.88. The van der Waals surface area contributed by atoms with E-state index in [1.165, 1.54) is 6.07 Å². The van der Waals surface area contributed by atoms with E-state index in [2.05, 4.69) is 4.90 Å². The molecule has 186 valence electrons. The third-order valence-corrected chi connectivity index (χ3v) is 9.01. The number of hydrogen-bond acceptors (Lipinski definition) is 4. The molecular weight excluding hydrogens is 438 g/mol. The van der Waals surface area contributed by atoms with Crippen LogP contribution >= 0.6 is 0 Å². The van der Waals surface area contributed by atoms with Crippen LogP contribution in [-0.2, 0) is 9.53 Å². The van der Waals surface area contributed by atoms with E-state index in [4.69, 9.17) is 9.47 Å². The van der Waals surface area contributed by atoms with Gasteiger partial charge in [0.1, 0.15) is 17.7 Å². The van der Waals surface area contributed by atoms with Crippen molar-refractivity contribution in [3.8, 4) is 5.75 Å². The number of carbonyl (C=O) groups excluding carboxylic acids is 1. The second-order valence-electron chi connectivity index (χ2n) is 11.4. The molecule has 1 aromatic rings. The van der Waals surface area contributed by atoms with Crippen molar-refractivity contribution in [2.24, 2.45) is 5.41 Å². The fraction of sp³-hybridized carbons (Fsp3) is 0.741. The van der Waals surface area contributed by atoms with Gasteiger partial charge in [0, 0.05) is 43.0 Å². The van der Waals surface area contributed by atoms with Gasteiger partial charge in [0.2, 0.25) is 0 Å². The number of rotatable bonds is 5. The van der Waals surface area contributed by atoms with Crippen molar-refractivity contribution < 1.29 is 23.0 Å². The molecule has 5 aliphatic rings. The summed E-state index contributed by atoms with van der Waals surface area (Å²) in [6, 6.07) is 5.53. The third kappa shape index (κ3) is 4.34. The molecule has 1 spiro atoms. The van der Waals surface area contributed by atoms with E-state index in [1.54, 1.807) is 17.0 Å². The molecule has 1 amide bonds. The molecular formula is C27H36F2N2O3. The molecule has 1 atom stereocenters. The summed E-state index contributed by atoms with van der Waals surface area (Å²) in [7, 11) is 0. The Labute approximate surface area is 200 Å². The Hall–Kier alpha value is -1.73. The molecule has 0 bridgehead atoms. The van der Waals surface area contributed by atoms with Crippen LogP contribution in [-0.4, -0.2) is 72.9 Å². The minimum Gasteiger partial charge on any atom is -0.490 e. The zero-order valence-electron chi connectivity index (χ0n) is 19.9. The molecule has 5 nitrogen and oxygen atoms in total. The van der Waals surface area contributed by atoms with Crippen LogP contribution in [0.25, 0.3) is 0 Å². The van der Waals surface area contributed by atoms with Gasteiger partial charge in [-0.1, -0.05) is 0 Å². The Morgan fingerprint density at radius 1 is 1.03 bits per heavy atom. The molecule has 3 saturated heterocycles. The molecule has 0 aromatic heterocycles. The number of benzene rings is 1. The van der Waals surface area contributed by atoms with Gasteiger partial charge >= 0.3 is 0 Å². The maximum absolute atomic E-state index is 14.2. The second kappa shape index (κ2) is 8.74. The Kier molecular flexibility index (Phi) is 5.84. The number of likely N-dealkylation sites (tertiary alicyclic amines) is 2. The van der Waals surface area contributed by atoms with Gasteiger partial charge in [-0.25, -0.2) is 8.78 Å². The Balaban J connectivity index is 1.03. The fourth-order valence-corrected chi connectivity index (χ4v) is 6.78. The number of hydrogen-bond donors (Lipinski definition) is 0. The number of ether oxygens (including phenoxy) is 2. The van der Waals surface area contributed by atoms with Crippen molar-refractivity contribution >= 4 is 5.91 Å². The molecule has 5 fully saturated rings. The highest BCUT2D eigenvalue weighted by Crippen LogP contribution is 2.51. The molecule has 0 radical (unpaired) electrons. The second-order valence-corrected chi connectivity index (χ2v) is 11.4. The van der Waals surface area contributed by atoms with E-state index in [-0.39, 0.29) is 23.2 Å². The largest absolute Gasteiger partial charge is 0.490 e. The summed E-state index contributed by atoms with van der Waals surface area (Å²) >= 11 is 0. The van der Waals surface area contributed by atoms with Crippen molar-refractivity contribution in [2.75, 3.05) is 39.4 Å². The lowest BCUT2D eigenvalue weighted by molar-refractivity contribution is -0.150. The monoisotopic (exact) mass is 474 g/mol. The van der Waals surface area contributed by atoms with Crippen LogP contribution in [0.4, 0.5) is 8.78 Å². The predicted octanol–water partition coefficient (Wildman–Crippen LogP) is 4.45. The molecule has 7 heteroatoms. The van der Waals surface area contributed by atoms with Crippen molar-refractivity contribution in [3.63, 3.8) is 0 Å². The van der Waals surface area contributed by atoms with Crippen LogP contribution < -0.4 is 4.74 Å². The van der Waals surface area contributed by atoms with Crippen LogP contribution in [0.2, 0.25) is 0 Å². The van der Waals surface area contributed by atoms with E-state index < -0.39 is 5.67 Å². The Morgan fingerprint density at radius 3 is 2.47 bits per heavy atom. The van der Waals surface area contributed by atoms with Crippen molar-refractivity contribution in [3.05, 3.63) is 29.6 Å². The average Bonchev–Trinajstić information content (AvgIpc) is 3.43. The van der Waals surface area contributed by atoms with E-state index in [0.717, 1.165) is 95.7 Å². The molecule has 34 heavy (non-hydrogen) atoms. The quantitative estimate of drug-likeness (QED) is 0.633. The van der Waals surface area contributed by atoms with E-state index in [0.29, 0.717) is 24.8 Å². The number of carbonyl (C=O) groups is 1. The molecule has 1 unspecified atom stereocenters. The Morgan fingerprint density at radius 2 is 1.76 bits per heavy atom. The first-order valence-electron chi connectivity index (χ1n) is 13.2. The van der Waals surface area contributed by atoms with Crippen molar-refractivity contribution in [1.82, 2.24) is 9.80 Å². The molecule has 2 saturated carbocycles. The van der Waals surface area contributed by atoms with Gasteiger partial charge in [0.25, 0.3) is 5.91 Å². The normalized spacial score (nSPS) is 29.2. The van der Waals surface area contributed by atoms with Crippen LogP contribution in [0.15, 0.2) is 18.2 Å². The molecule has 0 N–H and O–H groups in total. The first-order valence-corrected chi connectivity index (χ1v) is 13.2. The zero-order valence-corrected chi connectivity index (χ0v) is 19.9. The number of piperidine rings is 1. The van der Waals surface area contributed by atoms with Gasteiger partial charge in [-0.05, 0) is 82.2 Å². The summed E-state index contributed by atoms with van der Waals surface area (Å²) in [5, 5.41) is 0. The van der Waals surface area contributed by atoms with E-state index >= 15 is 0 Å². The maximum atomic E-state index is 14.2. The number of halogens is 2. The zero-order chi connectivity index (χ0) is 23.3. The molecule has 6 rings (SSSR count). The lowest BCUT2D eigenvalue weighted by Gasteiger charge is -2.49. The first-order chi connectivity index (χ1) is 16.4. The highest BCUT2D eigenvalue weighted by atomic mass is 19.1. The minimum absolute atomic E-state index is 0.147. The molecule has 3 aliphatic heterocycles. The Bertz CT molecular complexity index is 916. The lowest BCUT2D eigenvalue weighted by atomic mass is 9.77. The third-order valence-electron chi connectivity index (χ3n) is 9.01. The highest BCUT2D eigenvalue weighted by Gasteiger charge is 2.58. The van der Waals surface area contributed by atoms with Gasteiger partial charge in [-0.2, -0.15) is 0 Å². The summed E-state index contributed by atoms with van der Waals surface area (Å²) < 4.78 is 40.0. The number of amides is 1. The summed E-state index contributed by atoms with van der Waals surface area (Å²) in [6.07, 6.45) is 8.13. The predicted molar refractivity (Wildman–Crippen MR) is 124 cm³/mol. The van der Waals surface area contributed by atoms with Gasteiger partial charge < -0.3 is 19.3 Å². The van der Waals surface area contributed by atoms with Crippen molar-refractivity contribution in [1.29, 1.82) is 0 Å². The van der Waals surface area contributed by atoms with E-state index in [9.17, 15) is 13.6 Å². The van der Waals surface area contributed by atoms with Crippen molar-refractivity contribution in [2.45, 2.75) is 81.5 Å². The summed E-state index contributed by atoms with van der Waals surface area (Å²) in [6.45, 7) is 4.94. The van der Waals surface area contributed by atoms with Crippen LogP contribution in [0.1, 0.15) is 69.3 Å². The van der Waals surface area contributed by atoms with Crippen LogP contribution in [0.5, 0.6) is 5.75 Å². The lowest BCUT2D eigenvalue weighted by Crippen LogP contribution is -2.60. The first kappa shape index (κ1) is 22.7. The topological polar surface area (TPSA) is 42.0 Å². The van der Waals surface area contributed by atoms with E-state index in [1.807, 2.05) is 0 Å². The number of nitrogens with zero attached hydrogens (tertiary/aromatic N) is 2. The maximum Gasteiger partial charge on any atom is 0.260 e. The number of alkyl halides is 1. The SMILES string of the molecule is O=C(N1CC2(CCC(N3CCC(c4cc(F)ccc4OC4CCOCC4)CC3)C2)C1)C1(F)CC1. The van der Waals surface area contributed by atoms with Gasteiger partial charge in [-0.15, -0.1) is 0 Å². The van der Waals surface area contributed by atoms with Gasteiger partial charge in [-0.3, -0.25) is 4.79 Å². The molecule has 3 heterocycles. The van der Waals surface area contributed by atoms with Gasteiger partial charge in [0.05, 0.1) is 13.2 Å². The fourth-order valence-electron chi connectivity index (χ4n) is 6.78. The molecule has 1 aromatic carbocycles. The summed E-state index contributed by atoms with van der Waals surface area (Å²) in [4.78, 5) is 16.6. The smallest absolute Gasteiger partial charge is 0.260 e. The standard InChI is InChI=1S/C27H36F2N2O3/c28-20-1-2-24(34-22-6-13-33-14-7-22)23(15-20)19-4-11-30(12-5-19)21-3-8-26(16-21)17-31(18-26)25(32)27(29)9-10-27/h1-2,15,19,21-22H,3-14,16-18H2. The van der Waals surface area contributed by atoms with Crippen LogP contribution in [0.3, 0.4) is 0 Å². The molecule has 2 aliphatic carbocycles. The summed E-state index contributed by atoms with van der Waals surface area (Å²) in [5.74, 6) is 0.691. The van der Waals surface area contributed by atoms with Gasteiger partial charge in [0.15, 0.2) is 5.67 Å². The average molecular weight is 475 g/mol.